The van der Waals surface area contributed by atoms with Gasteiger partial charge in [0.05, 0.1) is 11.9 Å². The highest BCUT2D eigenvalue weighted by molar-refractivity contribution is 5.81. The molecule has 0 saturated carbocycles. The van der Waals surface area contributed by atoms with Crippen LogP contribution in [0.25, 0.3) is 27.9 Å². The first-order valence-electron chi connectivity index (χ1n) is 7.23. The van der Waals surface area contributed by atoms with Gasteiger partial charge in [-0.05, 0) is 36.4 Å². The summed E-state index contributed by atoms with van der Waals surface area (Å²) < 4.78 is 2.11. The Balaban J connectivity index is 1.96. The molecule has 108 valence electrons. The molecule has 0 N–H and O–H groups in total. The number of rotatable bonds is 2. The fourth-order valence-corrected chi connectivity index (χ4v) is 2.73. The van der Waals surface area contributed by atoms with Crippen molar-refractivity contribution in [2.24, 2.45) is 0 Å². The summed E-state index contributed by atoms with van der Waals surface area (Å²) >= 11 is 0. The third-order valence-electron chi connectivity index (χ3n) is 3.91. The molecule has 0 unspecified atom stereocenters. The van der Waals surface area contributed by atoms with Crippen molar-refractivity contribution in [3.8, 4) is 11.3 Å². The van der Waals surface area contributed by atoms with E-state index in [2.05, 4.69) is 55.7 Å². The molecular formula is C18H16N4. The lowest BCUT2D eigenvalue weighted by Crippen LogP contribution is -2.07. The Morgan fingerprint density at radius 3 is 2.50 bits per heavy atom. The van der Waals surface area contributed by atoms with Crippen molar-refractivity contribution >= 4 is 22.4 Å². The van der Waals surface area contributed by atoms with E-state index in [9.17, 15) is 0 Å². The molecule has 0 fully saturated rings. The number of aromatic nitrogens is 3. The van der Waals surface area contributed by atoms with Crippen LogP contribution >= 0.6 is 0 Å². The minimum absolute atomic E-state index is 0.915. The van der Waals surface area contributed by atoms with Gasteiger partial charge in [0.2, 0.25) is 0 Å². The topological polar surface area (TPSA) is 33.4 Å². The highest BCUT2D eigenvalue weighted by atomic mass is 15.1. The van der Waals surface area contributed by atoms with E-state index in [0.717, 1.165) is 27.9 Å². The number of benzene rings is 1. The summed E-state index contributed by atoms with van der Waals surface area (Å²) in [6, 6.07) is 16.6. The zero-order valence-corrected chi connectivity index (χ0v) is 12.6. The van der Waals surface area contributed by atoms with E-state index in [4.69, 9.17) is 0 Å². The summed E-state index contributed by atoms with van der Waals surface area (Å²) in [5.41, 5.74) is 5.23. The molecule has 4 heteroatoms. The molecule has 0 atom stereocenters. The van der Waals surface area contributed by atoms with Crippen LogP contribution < -0.4 is 4.90 Å². The van der Waals surface area contributed by atoms with E-state index in [1.165, 1.54) is 5.69 Å². The quantitative estimate of drug-likeness (QED) is 0.565. The van der Waals surface area contributed by atoms with Crippen molar-refractivity contribution in [2.75, 3.05) is 19.0 Å². The standard InChI is InChI=1S/C18H16N4/c1-21(2)15-8-5-13(6-9-15)16-12-20-17-10-7-14-4-3-11-19-18(14)22(16)17/h3-12H,1-2H3. The molecule has 4 aromatic rings. The molecule has 0 radical (unpaired) electrons. The Morgan fingerprint density at radius 1 is 0.909 bits per heavy atom. The van der Waals surface area contributed by atoms with E-state index < -0.39 is 0 Å². The maximum absolute atomic E-state index is 4.53. The predicted octanol–water partition coefficient (Wildman–Crippen LogP) is 3.62. The van der Waals surface area contributed by atoms with Crippen molar-refractivity contribution in [1.82, 2.24) is 14.4 Å². The largest absolute Gasteiger partial charge is 0.378 e. The van der Waals surface area contributed by atoms with Crippen LogP contribution in [-0.2, 0) is 0 Å². The van der Waals surface area contributed by atoms with Crippen molar-refractivity contribution in [3.05, 3.63) is 60.9 Å². The van der Waals surface area contributed by atoms with Crippen LogP contribution in [0.2, 0.25) is 0 Å². The van der Waals surface area contributed by atoms with Crippen molar-refractivity contribution in [1.29, 1.82) is 0 Å². The number of hydrogen-bond acceptors (Lipinski definition) is 3. The maximum atomic E-state index is 4.53. The molecule has 4 rings (SSSR count). The summed E-state index contributed by atoms with van der Waals surface area (Å²) in [5, 5.41) is 1.11. The van der Waals surface area contributed by atoms with Gasteiger partial charge in [-0.3, -0.25) is 4.40 Å². The van der Waals surface area contributed by atoms with Gasteiger partial charge in [-0.15, -0.1) is 0 Å². The third kappa shape index (κ3) is 1.92. The summed E-state index contributed by atoms with van der Waals surface area (Å²) in [7, 11) is 4.08. The molecule has 0 bridgehead atoms. The number of nitrogens with zero attached hydrogens (tertiary/aromatic N) is 4. The Bertz CT molecular complexity index is 952. The average Bonchev–Trinajstić information content (AvgIpc) is 2.99. The fraction of sp³-hybridized carbons (Fsp3) is 0.111. The number of imidazole rings is 1. The van der Waals surface area contributed by atoms with Crippen LogP contribution in [0.1, 0.15) is 0 Å². The first-order chi connectivity index (χ1) is 10.7. The van der Waals surface area contributed by atoms with Crippen LogP contribution in [-0.4, -0.2) is 28.5 Å². The monoisotopic (exact) mass is 288 g/mol. The Kier molecular flexibility index (Phi) is 2.82. The maximum Gasteiger partial charge on any atom is 0.146 e. The highest BCUT2D eigenvalue weighted by Gasteiger charge is 2.09. The Hall–Kier alpha value is -2.88. The second kappa shape index (κ2) is 4.84. The van der Waals surface area contributed by atoms with Crippen molar-refractivity contribution in [2.45, 2.75) is 0 Å². The van der Waals surface area contributed by atoms with Crippen molar-refractivity contribution < 1.29 is 0 Å². The normalized spacial score (nSPS) is 11.2. The van der Waals surface area contributed by atoms with Gasteiger partial charge in [-0.1, -0.05) is 12.1 Å². The van der Waals surface area contributed by atoms with Crippen LogP contribution in [0.5, 0.6) is 0 Å². The molecule has 3 heterocycles. The SMILES string of the molecule is CN(C)c1ccc(-c2cnc3ccc4cccnc4n23)cc1. The molecule has 22 heavy (non-hydrogen) atoms. The number of hydrogen-bond donors (Lipinski definition) is 0. The smallest absolute Gasteiger partial charge is 0.146 e. The van der Waals surface area contributed by atoms with Gasteiger partial charge in [0.25, 0.3) is 0 Å². The predicted molar refractivity (Wildman–Crippen MR) is 90.3 cm³/mol. The second-order valence-electron chi connectivity index (χ2n) is 5.53. The van der Waals surface area contributed by atoms with Gasteiger partial charge in [0, 0.05) is 36.9 Å². The average molecular weight is 288 g/mol. The minimum atomic E-state index is 0.915. The van der Waals surface area contributed by atoms with E-state index in [-0.39, 0.29) is 0 Å². The Labute approximate surface area is 128 Å². The molecule has 0 amide bonds. The lowest BCUT2D eigenvalue weighted by atomic mass is 10.1. The summed E-state index contributed by atoms with van der Waals surface area (Å²) in [4.78, 5) is 11.1. The fourth-order valence-electron chi connectivity index (χ4n) is 2.73. The van der Waals surface area contributed by atoms with Crippen LogP contribution in [0.15, 0.2) is 60.9 Å². The zero-order chi connectivity index (χ0) is 15.1. The Morgan fingerprint density at radius 2 is 1.73 bits per heavy atom. The van der Waals surface area contributed by atoms with Gasteiger partial charge >= 0.3 is 0 Å². The summed E-state index contributed by atoms with van der Waals surface area (Å²) in [5.74, 6) is 0. The summed E-state index contributed by atoms with van der Waals surface area (Å²) in [6.45, 7) is 0. The number of fused-ring (bicyclic) bond motifs is 3. The molecule has 3 aromatic heterocycles. The minimum Gasteiger partial charge on any atom is -0.378 e. The van der Waals surface area contributed by atoms with E-state index >= 15 is 0 Å². The zero-order valence-electron chi connectivity index (χ0n) is 12.6. The van der Waals surface area contributed by atoms with Crippen molar-refractivity contribution in [3.63, 3.8) is 0 Å². The second-order valence-corrected chi connectivity index (χ2v) is 5.53. The molecule has 0 aliphatic heterocycles. The first-order valence-corrected chi connectivity index (χ1v) is 7.23. The van der Waals surface area contributed by atoms with E-state index in [1.54, 1.807) is 0 Å². The number of anilines is 1. The first kappa shape index (κ1) is 12.8. The molecular weight excluding hydrogens is 272 g/mol. The van der Waals surface area contributed by atoms with E-state index in [1.807, 2.05) is 38.6 Å². The molecule has 0 aliphatic rings. The third-order valence-corrected chi connectivity index (χ3v) is 3.91. The van der Waals surface area contributed by atoms with Gasteiger partial charge < -0.3 is 4.90 Å². The van der Waals surface area contributed by atoms with Crippen LogP contribution in [0.4, 0.5) is 5.69 Å². The molecule has 4 nitrogen and oxygen atoms in total. The van der Waals surface area contributed by atoms with Gasteiger partial charge in [-0.25, -0.2) is 9.97 Å². The highest BCUT2D eigenvalue weighted by Crippen LogP contribution is 2.26. The number of pyridine rings is 2. The molecule has 0 spiro atoms. The molecule has 0 saturated heterocycles. The van der Waals surface area contributed by atoms with Gasteiger partial charge in [0.15, 0.2) is 0 Å². The summed E-state index contributed by atoms with van der Waals surface area (Å²) in [6.07, 6.45) is 3.73. The lowest BCUT2D eigenvalue weighted by Gasteiger charge is -2.12. The van der Waals surface area contributed by atoms with Crippen LogP contribution in [0, 0.1) is 0 Å². The van der Waals surface area contributed by atoms with Crippen LogP contribution in [0.3, 0.4) is 0 Å². The lowest BCUT2D eigenvalue weighted by molar-refractivity contribution is 1.13. The molecule has 1 aromatic carbocycles. The van der Waals surface area contributed by atoms with Gasteiger partial charge in [-0.2, -0.15) is 0 Å². The van der Waals surface area contributed by atoms with Gasteiger partial charge in [0.1, 0.15) is 11.3 Å². The van der Waals surface area contributed by atoms with E-state index in [0.29, 0.717) is 0 Å². The molecule has 0 aliphatic carbocycles.